The third-order valence-electron chi connectivity index (χ3n) is 2.88. The second kappa shape index (κ2) is 4.33. The van der Waals surface area contributed by atoms with Gasteiger partial charge >= 0.3 is 0 Å². The summed E-state index contributed by atoms with van der Waals surface area (Å²) in [4.78, 5) is 15.7. The zero-order valence-corrected chi connectivity index (χ0v) is 10.9. The molecule has 0 radical (unpaired) electrons. The standard InChI is InChI=1S/C11H14N2O4S/c1-7(2)9(14)6-13-11(15)8-4-3-5-12-10(8)18(13,16)17/h3-5,7,9,14H,6H2,1-2H3. The topological polar surface area (TPSA) is 87.6 Å². The highest BCUT2D eigenvalue weighted by molar-refractivity contribution is 7.90. The first-order chi connectivity index (χ1) is 8.35. The summed E-state index contributed by atoms with van der Waals surface area (Å²) in [5, 5.41) is 9.51. The maximum absolute atomic E-state index is 12.1. The van der Waals surface area contributed by atoms with Gasteiger partial charge in [-0.25, -0.2) is 9.29 Å². The predicted octanol–water partition coefficient (Wildman–Crippen LogP) is 0.243. The van der Waals surface area contributed by atoms with Crippen LogP contribution in [0.25, 0.3) is 0 Å². The van der Waals surface area contributed by atoms with Crippen LogP contribution in [0.4, 0.5) is 0 Å². The zero-order chi connectivity index (χ0) is 13.5. The van der Waals surface area contributed by atoms with E-state index in [2.05, 4.69) is 4.98 Å². The van der Waals surface area contributed by atoms with E-state index in [0.29, 0.717) is 4.31 Å². The van der Waals surface area contributed by atoms with E-state index in [-0.39, 0.29) is 23.1 Å². The van der Waals surface area contributed by atoms with E-state index in [0.717, 1.165) is 0 Å². The highest BCUT2D eigenvalue weighted by atomic mass is 32.2. The number of hydrogen-bond donors (Lipinski definition) is 1. The van der Waals surface area contributed by atoms with Gasteiger partial charge in [0.25, 0.3) is 15.9 Å². The molecule has 7 heteroatoms. The number of aliphatic hydroxyl groups is 1. The third-order valence-corrected chi connectivity index (χ3v) is 4.59. The van der Waals surface area contributed by atoms with Crippen molar-refractivity contribution in [3.63, 3.8) is 0 Å². The van der Waals surface area contributed by atoms with Crippen molar-refractivity contribution in [2.24, 2.45) is 5.92 Å². The van der Waals surface area contributed by atoms with Gasteiger partial charge in [0.2, 0.25) is 0 Å². The average Bonchev–Trinajstić information content (AvgIpc) is 2.51. The van der Waals surface area contributed by atoms with Crippen molar-refractivity contribution in [1.82, 2.24) is 9.29 Å². The number of pyridine rings is 1. The first kappa shape index (κ1) is 13.0. The van der Waals surface area contributed by atoms with Gasteiger partial charge in [-0.3, -0.25) is 4.79 Å². The lowest BCUT2D eigenvalue weighted by Crippen LogP contribution is -2.39. The molecule has 1 unspecified atom stereocenters. The van der Waals surface area contributed by atoms with E-state index >= 15 is 0 Å². The lowest BCUT2D eigenvalue weighted by atomic mass is 10.1. The normalized spacial score (nSPS) is 19.1. The maximum Gasteiger partial charge on any atom is 0.285 e. The molecule has 0 saturated heterocycles. The first-order valence-electron chi connectivity index (χ1n) is 5.56. The van der Waals surface area contributed by atoms with Crippen LogP contribution >= 0.6 is 0 Å². The monoisotopic (exact) mass is 270 g/mol. The van der Waals surface area contributed by atoms with Crippen LogP contribution in [-0.4, -0.2) is 41.4 Å². The smallest absolute Gasteiger partial charge is 0.285 e. The van der Waals surface area contributed by atoms with Crippen molar-refractivity contribution in [2.75, 3.05) is 6.54 Å². The Labute approximate surface area is 105 Å². The van der Waals surface area contributed by atoms with E-state index < -0.39 is 22.0 Å². The summed E-state index contributed by atoms with van der Waals surface area (Å²) in [6.07, 6.45) is 0.435. The van der Waals surface area contributed by atoms with Crippen molar-refractivity contribution in [1.29, 1.82) is 0 Å². The Morgan fingerprint density at radius 1 is 1.44 bits per heavy atom. The van der Waals surface area contributed by atoms with Gasteiger partial charge < -0.3 is 5.11 Å². The second-order valence-electron chi connectivity index (χ2n) is 4.51. The summed E-state index contributed by atoms with van der Waals surface area (Å²) >= 11 is 0. The number of aliphatic hydroxyl groups excluding tert-OH is 1. The number of β-amino-alcohol motifs (C(OH)–C–C–N with tert-alkyl or cyclic N) is 1. The summed E-state index contributed by atoms with van der Waals surface area (Å²) in [7, 11) is -3.91. The van der Waals surface area contributed by atoms with Crippen LogP contribution in [0, 0.1) is 5.92 Å². The van der Waals surface area contributed by atoms with Gasteiger partial charge in [-0.15, -0.1) is 0 Å². The fourth-order valence-corrected chi connectivity index (χ4v) is 3.17. The highest BCUT2D eigenvalue weighted by Gasteiger charge is 2.43. The van der Waals surface area contributed by atoms with E-state index in [1.807, 2.05) is 0 Å². The minimum atomic E-state index is -3.91. The Kier molecular flexibility index (Phi) is 3.12. The minimum Gasteiger partial charge on any atom is -0.391 e. The molecular formula is C11H14N2O4S. The van der Waals surface area contributed by atoms with Gasteiger partial charge in [0.05, 0.1) is 18.2 Å². The lowest BCUT2D eigenvalue weighted by molar-refractivity contribution is 0.0717. The lowest BCUT2D eigenvalue weighted by Gasteiger charge is -2.21. The molecule has 1 aliphatic heterocycles. The summed E-state index contributed by atoms with van der Waals surface area (Å²) in [5.74, 6) is -0.762. The number of sulfonamides is 1. The molecule has 1 amide bonds. The molecule has 0 bridgehead atoms. The zero-order valence-electron chi connectivity index (χ0n) is 10.1. The van der Waals surface area contributed by atoms with E-state index in [4.69, 9.17) is 0 Å². The molecule has 2 heterocycles. The van der Waals surface area contributed by atoms with Crippen molar-refractivity contribution in [3.8, 4) is 0 Å². The predicted molar refractivity (Wildman–Crippen MR) is 63.3 cm³/mol. The molecule has 2 rings (SSSR count). The molecule has 1 aliphatic rings. The Bertz CT molecular complexity index is 582. The molecule has 0 saturated carbocycles. The van der Waals surface area contributed by atoms with E-state index in [1.165, 1.54) is 18.3 Å². The van der Waals surface area contributed by atoms with Gasteiger partial charge in [0.15, 0.2) is 5.03 Å². The number of rotatable bonds is 3. The van der Waals surface area contributed by atoms with E-state index in [9.17, 15) is 18.3 Å². The Hall–Kier alpha value is -1.47. The third kappa shape index (κ3) is 1.89. The van der Waals surface area contributed by atoms with Crippen LogP contribution in [0.15, 0.2) is 23.4 Å². The van der Waals surface area contributed by atoms with Crippen LogP contribution in [0.3, 0.4) is 0 Å². The summed E-state index contributed by atoms with van der Waals surface area (Å²) in [6.45, 7) is 3.27. The molecule has 0 spiro atoms. The quantitative estimate of drug-likeness (QED) is 0.850. The Morgan fingerprint density at radius 2 is 2.11 bits per heavy atom. The van der Waals surface area contributed by atoms with Crippen LogP contribution in [0.2, 0.25) is 0 Å². The van der Waals surface area contributed by atoms with Gasteiger partial charge in [-0.05, 0) is 18.1 Å². The van der Waals surface area contributed by atoms with Crippen molar-refractivity contribution in [2.45, 2.75) is 25.0 Å². The molecular weight excluding hydrogens is 256 g/mol. The maximum atomic E-state index is 12.1. The number of hydrogen-bond acceptors (Lipinski definition) is 5. The van der Waals surface area contributed by atoms with Crippen molar-refractivity contribution < 1.29 is 18.3 Å². The molecule has 18 heavy (non-hydrogen) atoms. The Balaban J connectivity index is 2.40. The van der Waals surface area contributed by atoms with Crippen LogP contribution in [0.1, 0.15) is 24.2 Å². The van der Waals surface area contributed by atoms with Crippen molar-refractivity contribution >= 4 is 15.9 Å². The largest absolute Gasteiger partial charge is 0.391 e. The summed E-state index contributed by atoms with van der Waals surface area (Å²) in [6, 6.07) is 2.93. The molecule has 6 nitrogen and oxygen atoms in total. The van der Waals surface area contributed by atoms with Gasteiger partial charge in [0, 0.05) is 6.20 Å². The fraction of sp³-hybridized carbons (Fsp3) is 0.455. The number of amides is 1. The number of nitrogens with zero attached hydrogens (tertiary/aromatic N) is 2. The molecule has 1 atom stereocenters. The number of aromatic nitrogens is 1. The molecule has 1 N–H and O–H groups in total. The number of fused-ring (bicyclic) bond motifs is 1. The fourth-order valence-electron chi connectivity index (χ4n) is 1.67. The average molecular weight is 270 g/mol. The minimum absolute atomic E-state index is 0.0634. The van der Waals surface area contributed by atoms with E-state index in [1.54, 1.807) is 13.8 Å². The van der Waals surface area contributed by atoms with Crippen LogP contribution in [0.5, 0.6) is 0 Å². The van der Waals surface area contributed by atoms with Crippen LogP contribution < -0.4 is 0 Å². The molecule has 98 valence electrons. The highest BCUT2D eigenvalue weighted by Crippen LogP contribution is 2.28. The summed E-state index contributed by atoms with van der Waals surface area (Å²) < 4.78 is 24.9. The molecule has 0 fully saturated rings. The van der Waals surface area contributed by atoms with Gasteiger partial charge in [0.1, 0.15) is 0 Å². The number of carbonyl (C=O) groups excluding carboxylic acids is 1. The second-order valence-corrected chi connectivity index (χ2v) is 6.29. The SMILES string of the molecule is CC(C)C(O)CN1C(=O)c2cccnc2S1(=O)=O. The Morgan fingerprint density at radius 3 is 2.67 bits per heavy atom. The molecule has 1 aromatic heterocycles. The molecule has 1 aromatic rings. The first-order valence-corrected chi connectivity index (χ1v) is 7.00. The number of carbonyl (C=O) groups is 1. The molecule has 0 aromatic carbocycles. The summed E-state index contributed by atoms with van der Waals surface area (Å²) in [5.41, 5.74) is 0.0634. The molecule has 0 aliphatic carbocycles. The van der Waals surface area contributed by atoms with Crippen molar-refractivity contribution in [3.05, 3.63) is 23.9 Å². The van der Waals surface area contributed by atoms with Gasteiger partial charge in [-0.1, -0.05) is 13.8 Å². The van der Waals surface area contributed by atoms with Crippen LogP contribution in [-0.2, 0) is 10.0 Å². The van der Waals surface area contributed by atoms with Gasteiger partial charge in [-0.2, -0.15) is 8.42 Å².